The summed E-state index contributed by atoms with van der Waals surface area (Å²) in [5.74, 6) is 0.935. The molecule has 0 spiro atoms. The molecule has 0 saturated carbocycles. The van der Waals surface area contributed by atoms with Crippen molar-refractivity contribution >= 4 is 0 Å². The van der Waals surface area contributed by atoms with Crippen LogP contribution >= 0.6 is 0 Å². The van der Waals surface area contributed by atoms with Gasteiger partial charge in [-0.1, -0.05) is 42.5 Å². The van der Waals surface area contributed by atoms with E-state index in [9.17, 15) is 0 Å². The molecule has 3 nitrogen and oxygen atoms in total. The third kappa shape index (κ3) is 4.31. The molecule has 1 aliphatic rings. The Balaban J connectivity index is 1.57. The van der Waals surface area contributed by atoms with E-state index in [1.807, 2.05) is 24.3 Å². The van der Waals surface area contributed by atoms with Crippen LogP contribution in [0.15, 0.2) is 54.6 Å². The van der Waals surface area contributed by atoms with Gasteiger partial charge in [-0.3, -0.25) is 4.90 Å². The van der Waals surface area contributed by atoms with Crippen LogP contribution in [0, 0.1) is 0 Å². The second kappa shape index (κ2) is 7.25. The van der Waals surface area contributed by atoms with Gasteiger partial charge in [-0.05, 0) is 23.3 Å². The van der Waals surface area contributed by atoms with Crippen molar-refractivity contribution in [1.82, 2.24) is 4.90 Å². The molecular formula is C18H21NO2. The summed E-state index contributed by atoms with van der Waals surface area (Å²) in [5.41, 5.74) is 2.48. The Morgan fingerprint density at radius 3 is 2.48 bits per heavy atom. The summed E-state index contributed by atoms with van der Waals surface area (Å²) in [6.07, 6.45) is 0. The molecule has 0 radical (unpaired) electrons. The van der Waals surface area contributed by atoms with Gasteiger partial charge >= 0.3 is 0 Å². The van der Waals surface area contributed by atoms with Crippen molar-refractivity contribution in [2.45, 2.75) is 13.2 Å². The Kier molecular flexibility index (Phi) is 4.87. The Morgan fingerprint density at radius 2 is 1.67 bits per heavy atom. The van der Waals surface area contributed by atoms with Crippen molar-refractivity contribution < 1.29 is 9.47 Å². The Bertz CT molecular complexity index is 550. The summed E-state index contributed by atoms with van der Waals surface area (Å²) < 4.78 is 11.3. The van der Waals surface area contributed by atoms with E-state index in [1.54, 1.807) is 0 Å². The first-order chi connectivity index (χ1) is 10.4. The highest BCUT2D eigenvalue weighted by Gasteiger charge is 2.10. The zero-order chi connectivity index (χ0) is 14.3. The van der Waals surface area contributed by atoms with E-state index >= 15 is 0 Å². The van der Waals surface area contributed by atoms with E-state index in [4.69, 9.17) is 9.47 Å². The lowest BCUT2D eigenvalue weighted by atomic mass is 10.2. The molecule has 1 heterocycles. The van der Waals surface area contributed by atoms with Crippen LogP contribution in [-0.2, 0) is 17.9 Å². The first kappa shape index (κ1) is 14.1. The summed E-state index contributed by atoms with van der Waals surface area (Å²) in [6, 6.07) is 18.6. The van der Waals surface area contributed by atoms with E-state index in [0.717, 1.165) is 38.6 Å². The molecule has 0 unspecified atom stereocenters. The number of rotatable bonds is 5. The average Bonchev–Trinajstić information content (AvgIpc) is 2.55. The maximum absolute atomic E-state index is 5.88. The first-order valence-corrected chi connectivity index (χ1v) is 7.46. The molecule has 0 N–H and O–H groups in total. The number of hydrogen-bond donors (Lipinski definition) is 0. The number of hydrogen-bond acceptors (Lipinski definition) is 3. The third-order valence-electron chi connectivity index (χ3n) is 3.66. The second-order valence-corrected chi connectivity index (χ2v) is 5.31. The van der Waals surface area contributed by atoms with Crippen LogP contribution in [0.5, 0.6) is 5.75 Å². The van der Waals surface area contributed by atoms with E-state index in [1.165, 1.54) is 11.1 Å². The molecule has 2 aromatic carbocycles. The van der Waals surface area contributed by atoms with Gasteiger partial charge in [0.05, 0.1) is 13.2 Å². The normalized spacial score (nSPS) is 15.8. The maximum atomic E-state index is 5.88. The molecule has 0 amide bonds. The van der Waals surface area contributed by atoms with Crippen LogP contribution in [0.3, 0.4) is 0 Å². The predicted octanol–water partition coefficient (Wildman–Crippen LogP) is 3.10. The van der Waals surface area contributed by atoms with Crippen molar-refractivity contribution in [3.05, 3.63) is 65.7 Å². The molecule has 2 aromatic rings. The van der Waals surface area contributed by atoms with E-state index in [0.29, 0.717) is 6.61 Å². The van der Waals surface area contributed by atoms with Crippen LogP contribution in [0.4, 0.5) is 0 Å². The standard InChI is InChI=1S/C18H21NO2/c1-2-5-16(6-3-1)15-21-18-8-4-7-17(13-18)14-19-9-11-20-12-10-19/h1-8,13H,9-12,14-15H2. The van der Waals surface area contributed by atoms with Gasteiger partial charge < -0.3 is 9.47 Å². The van der Waals surface area contributed by atoms with Gasteiger partial charge in [-0.2, -0.15) is 0 Å². The highest BCUT2D eigenvalue weighted by atomic mass is 16.5. The van der Waals surface area contributed by atoms with Crippen molar-refractivity contribution in [1.29, 1.82) is 0 Å². The lowest BCUT2D eigenvalue weighted by Crippen LogP contribution is -2.35. The minimum Gasteiger partial charge on any atom is -0.489 e. The summed E-state index contributed by atoms with van der Waals surface area (Å²) >= 11 is 0. The SMILES string of the molecule is c1ccc(COc2cccc(CN3CCOCC3)c2)cc1. The zero-order valence-electron chi connectivity index (χ0n) is 12.2. The molecular weight excluding hydrogens is 262 g/mol. The first-order valence-electron chi connectivity index (χ1n) is 7.46. The minimum atomic E-state index is 0.613. The molecule has 0 atom stereocenters. The summed E-state index contributed by atoms with van der Waals surface area (Å²) in [4.78, 5) is 2.42. The smallest absolute Gasteiger partial charge is 0.120 e. The topological polar surface area (TPSA) is 21.7 Å². The van der Waals surface area contributed by atoms with Crippen LogP contribution in [0.2, 0.25) is 0 Å². The second-order valence-electron chi connectivity index (χ2n) is 5.31. The lowest BCUT2D eigenvalue weighted by Gasteiger charge is -2.26. The molecule has 1 fully saturated rings. The van der Waals surface area contributed by atoms with Gasteiger partial charge in [0.25, 0.3) is 0 Å². The fourth-order valence-corrected chi connectivity index (χ4v) is 2.49. The molecule has 1 aliphatic heterocycles. The maximum Gasteiger partial charge on any atom is 0.120 e. The van der Waals surface area contributed by atoms with Crippen LogP contribution < -0.4 is 4.74 Å². The Hall–Kier alpha value is -1.84. The minimum absolute atomic E-state index is 0.613. The van der Waals surface area contributed by atoms with E-state index in [2.05, 4.69) is 35.2 Å². The van der Waals surface area contributed by atoms with Crippen LogP contribution in [0.1, 0.15) is 11.1 Å². The van der Waals surface area contributed by atoms with Crippen molar-refractivity contribution in [2.24, 2.45) is 0 Å². The number of morpholine rings is 1. The highest BCUT2D eigenvalue weighted by Crippen LogP contribution is 2.17. The Morgan fingerprint density at radius 1 is 0.905 bits per heavy atom. The Labute approximate surface area is 126 Å². The van der Waals surface area contributed by atoms with Gasteiger partial charge in [0.2, 0.25) is 0 Å². The molecule has 0 aromatic heterocycles. The highest BCUT2D eigenvalue weighted by molar-refractivity contribution is 5.29. The monoisotopic (exact) mass is 283 g/mol. The van der Waals surface area contributed by atoms with Crippen LogP contribution in [-0.4, -0.2) is 31.2 Å². The van der Waals surface area contributed by atoms with E-state index < -0.39 is 0 Å². The zero-order valence-corrected chi connectivity index (χ0v) is 12.2. The van der Waals surface area contributed by atoms with E-state index in [-0.39, 0.29) is 0 Å². The number of benzene rings is 2. The number of nitrogens with zero attached hydrogens (tertiary/aromatic N) is 1. The van der Waals surface area contributed by atoms with Crippen LogP contribution in [0.25, 0.3) is 0 Å². The molecule has 110 valence electrons. The molecule has 0 aliphatic carbocycles. The predicted molar refractivity (Wildman–Crippen MR) is 83.3 cm³/mol. The van der Waals surface area contributed by atoms with Gasteiger partial charge in [0.15, 0.2) is 0 Å². The fraction of sp³-hybridized carbons (Fsp3) is 0.333. The summed E-state index contributed by atoms with van der Waals surface area (Å²) in [6.45, 7) is 5.27. The molecule has 1 saturated heterocycles. The quantitative estimate of drug-likeness (QED) is 0.841. The van der Waals surface area contributed by atoms with Gasteiger partial charge in [-0.25, -0.2) is 0 Å². The third-order valence-corrected chi connectivity index (χ3v) is 3.66. The fourth-order valence-electron chi connectivity index (χ4n) is 2.49. The van der Waals surface area contributed by atoms with Crippen molar-refractivity contribution in [2.75, 3.05) is 26.3 Å². The lowest BCUT2D eigenvalue weighted by molar-refractivity contribution is 0.0341. The number of ether oxygens (including phenoxy) is 2. The van der Waals surface area contributed by atoms with Gasteiger partial charge in [0, 0.05) is 19.6 Å². The molecule has 3 heteroatoms. The molecule has 21 heavy (non-hydrogen) atoms. The van der Waals surface area contributed by atoms with Crippen molar-refractivity contribution in [3.63, 3.8) is 0 Å². The molecule has 0 bridgehead atoms. The summed E-state index contributed by atoms with van der Waals surface area (Å²) in [7, 11) is 0. The largest absolute Gasteiger partial charge is 0.489 e. The molecule has 3 rings (SSSR count). The average molecular weight is 283 g/mol. The van der Waals surface area contributed by atoms with Crippen molar-refractivity contribution in [3.8, 4) is 5.75 Å². The summed E-state index contributed by atoms with van der Waals surface area (Å²) in [5, 5.41) is 0. The van der Waals surface area contributed by atoms with Gasteiger partial charge in [0.1, 0.15) is 12.4 Å². The van der Waals surface area contributed by atoms with Gasteiger partial charge in [-0.15, -0.1) is 0 Å².